The number of nitrogens with one attached hydrogen (secondary N) is 1. The van der Waals surface area contributed by atoms with Crippen LogP contribution in [0.5, 0.6) is 0 Å². The van der Waals surface area contributed by atoms with E-state index in [1.165, 1.54) is 10.3 Å². The molecule has 0 aliphatic heterocycles. The van der Waals surface area contributed by atoms with Gasteiger partial charge < -0.3 is 0 Å². The summed E-state index contributed by atoms with van der Waals surface area (Å²) in [5.74, 6) is 5.75. The van der Waals surface area contributed by atoms with Gasteiger partial charge in [-0.15, -0.1) is 11.3 Å². The maximum atomic E-state index is 5.75. The van der Waals surface area contributed by atoms with Gasteiger partial charge in [0.2, 0.25) is 0 Å². The van der Waals surface area contributed by atoms with Crippen LogP contribution >= 0.6 is 11.3 Å². The van der Waals surface area contributed by atoms with Crippen LogP contribution in [0.15, 0.2) is 48.0 Å². The molecule has 96 valence electrons. The smallest absolute Gasteiger partial charge is 0.0895 e. The van der Waals surface area contributed by atoms with E-state index in [-0.39, 0.29) is 6.04 Å². The molecule has 0 fully saturated rings. The van der Waals surface area contributed by atoms with E-state index in [0.29, 0.717) is 0 Å². The molecule has 4 heteroatoms. The molecule has 1 atom stereocenters. The Kier molecular flexibility index (Phi) is 3.29. The molecule has 2 heterocycles. The third kappa shape index (κ3) is 2.26. The molecule has 0 spiro atoms. The van der Waals surface area contributed by atoms with Crippen LogP contribution in [0.3, 0.4) is 0 Å². The van der Waals surface area contributed by atoms with E-state index in [1.807, 2.05) is 24.4 Å². The van der Waals surface area contributed by atoms with Gasteiger partial charge in [-0.1, -0.05) is 24.3 Å². The zero-order chi connectivity index (χ0) is 13.2. The van der Waals surface area contributed by atoms with Gasteiger partial charge in [-0.25, -0.2) is 5.43 Å². The van der Waals surface area contributed by atoms with Gasteiger partial charge in [0, 0.05) is 16.5 Å². The van der Waals surface area contributed by atoms with Crippen LogP contribution in [-0.2, 0) is 0 Å². The van der Waals surface area contributed by atoms with Crippen LogP contribution < -0.4 is 11.3 Å². The monoisotopic (exact) mass is 269 g/mol. The minimum absolute atomic E-state index is 0.0731. The Labute approximate surface area is 116 Å². The first kappa shape index (κ1) is 12.3. The lowest BCUT2D eigenvalue weighted by Gasteiger charge is -2.16. The first-order valence-electron chi connectivity index (χ1n) is 6.14. The molecule has 0 saturated heterocycles. The van der Waals surface area contributed by atoms with Crippen LogP contribution in [-0.4, -0.2) is 4.98 Å². The minimum Gasteiger partial charge on any atom is -0.271 e. The maximum absolute atomic E-state index is 5.75. The fraction of sp³-hybridized carbons (Fsp3) is 0.133. The number of aromatic nitrogens is 1. The van der Waals surface area contributed by atoms with Crippen molar-refractivity contribution in [2.45, 2.75) is 13.0 Å². The van der Waals surface area contributed by atoms with Gasteiger partial charge >= 0.3 is 0 Å². The zero-order valence-corrected chi connectivity index (χ0v) is 11.4. The van der Waals surface area contributed by atoms with Crippen molar-refractivity contribution in [3.63, 3.8) is 0 Å². The summed E-state index contributed by atoms with van der Waals surface area (Å²) < 4.78 is 0. The summed E-state index contributed by atoms with van der Waals surface area (Å²) in [6, 6.07) is 12.3. The van der Waals surface area contributed by atoms with Crippen molar-refractivity contribution in [1.29, 1.82) is 0 Å². The maximum Gasteiger partial charge on any atom is 0.0895 e. The molecule has 1 unspecified atom stereocenters. The summed E-state index contributed by atoms with van der Waals surface area (Å²) in [6.45, 7) is 2.10. The van der Waals surface area contributed by atoms with Gasteiger partial charge in [-0.3, -0.25) is 10.8 Å². The van der Waals surface area contributed by atoms with Gasteiger partial charge in [0.05, 0.1) is 11.7 Å². The topological polar surface area (TPSA) is 50.9 Å². The molecule has 3 aromatic rings. The van der Waals surface area contributed by atoms with Gasteiger partial charge in [-0.05, 0) is 35.4 Å². The Morgan fingerprint density at radius 3 is 2.84 bits per heavy atom. The number of nitrogens with zero attached hydrogens (tertiary/aromatic N) is 1. The Bertz CT molecular complexity index is 700. The molecule has 19 heavy (non-hydrogen) atoms. The lowest BCUT2D eigenvalue weighted by atomic mass is 10.0. The van der Waals surface area contributed by atoms with Crippen molar-refractivity contribution in [1.82, 2.24) is 10.4 Å². The number of rotatable bonds is 3. The molecule has 0 aliphatic carbocycles. The lowest BCUT2D eigenvalue weighted by molar-refractivity contribution is 0.627. The van der Waals surface area contributed by atoms with Crippen LogP contribution in [0.2, 0.25) is 0 Å². The highest BCUT2D eigenvalue weighted by Gasteiger charge is 2.17. The van der Waals surface area contributed by atoms with Crippen molar-refractivity contribution in [2.24, 2.45) is 5.84 Å². The minimum atomic E-state index is -0.0731. The Morgan fingerprint density at radius 1 is 1.26 bits per heavy atom. The summed E-state index contributed by atoms with van der Waals surface area (Å²) in [6.07, 6.45) is 1.83. The number of thiophene rings is 1. The third-order valence-corrected chi connectivity index (χ3v) is 4.11. The molecule has 3 rings (SSSR count). The number of pyridine rings is 1. The summed E-state index contributed by atoms with van der Waals surface area (Å²) in [5.41, 5.74) is 5.02. The number of benzene rings is 1. The molecule has 2 aromatic heterocycles. The summed E-state index contributed by atoms with van der Waals surface area (Å²) in [5, 5.41) is 4.44. The Morgan fingerprint density at radius 2 is 2.11 bits per heavy atom. The normalized spacial score (nSPS) is 12.7. The van der Waals surface area contributed by atoms with E-state index >= 15 is 0 Å². The fourth-order valence-corrected chi connectivity index (χ4v) is 3.05. The number of hydrazine groups is 1. The van der Waals surface area contributed by atoms with E-state index < -0.39 is 0 Å². The van der Waals surface area contributed by atoms with Crippen molar-refractivity contribution in [3.8, 4) is 0 Å². The first-order chi connectivity index (χ1) is 9.29. The SMILES string of the molecule is Cc1cc(C(NN)c2nccc3ccccc23)cs1. The molecule has 3 N–H and O–H groups in total. The average molecular weight is 269 g/mol. The van der Waals surface area contributed by atoms with Crippen LogP contribution in [0.25, 0.3) is 10.8 Å². The summed E-state index contributed by atoms with van der Waals surface area (Å²) in [4.78, 5) is 5.80. The van der Waals surface area contributed by atoms with E-state index in [9.17, 15) is 0 Å². The molecular formula is C15H15N3S. The van der Waals surface area contributed by atoms with Crippen LogP contribution in [0.1, 0.15) is 22.2 Å². The predicted molar refractivity (Wildman–Crippen MR) is 80.0 cm³/mol. The highest BCUT2D eigenvalue weighted by molar-refractivity contribution is 7.10. The number of nitrogens with two attached hydrogens (primary N) is 1. The molecule has 0 amide bonds. The second-order valence-electron chi connectivity index (χ2n) is 4.51. The van der Waals surface area contributed by atoms with Gasteiger partial charge in [-0.2, -0.15) is 0 Å². The number of aryl methyl sites for hydroxylation is 1. The first-order valence-corrected chi connectivity index (χ1v) is 7.02. The van der Waals surface area contributed by atoms with Gasteiger partial charge in [0.15, 0.2) is 0 Å². The number of hydrogen-bond donors (Lipinski definition) is 2. The van der Waals surface area contributed by atoms with Crippen molar-refractivity contribution in [3.05, 3.63) is 64.1 Å². The van der Waals surface area contributed by atoms with Gasteiger partial charge in [0.25, 0.3) is 0 Å². The van der Waals surface area contributed by atoms with E-state index in [2.05, 4.69) is 40.9 Å². The van der Waals surface area contributed by atoms with Crippen LogP contribution in [0.4, 0.5) is 0 Å². The Hall–Kier alpha value is -1.75. The molecule has 0 bridgehead atoms. The number of fused-ring (bicyclic) bond motifs is 1. The van der Waals surface area contributed by atoms with E-state index in [0.717, 1.165) is 16.6 Å². The standard InChI is InChI=1S/C15H15N3S/c1-10-8-12(9-19-10)14(18-16)15-13-5-3-2-4-11(13)6-7-17-15/h2-9,14,18H,16H2,1H3. The fourth-order valence-electron chi connectivity index (χ4n) is 2.32. The van der Waals surface area contributed by atoms with Crippen LogP contribution in [0, 0.1) is 6.92 Å². The van der Waals surface area contributed by atoms with Crippen molar-refractivity contribution in [2.75, 3.05) is 0 Å². The largest absolute Gasteiger partial charge is 0.271 e. The zero-order valence-electron chi connectivity index (χ0n) is 10.6. The molecule has 0 saturated carbocycles. The lowest BCUT2D eigenvalue weighted by Crippen LogP contribution is -2.29. The summed E-state index contributed by atoms with van der Waals surface area (Å²) in [7, 11) is 0. The highest BCUT2D eigenvalue weighted by Crippen LogP contribution is 2.29. The average Bonchev–Trinajstić information content (AvgIpc) is 2.86. The Balaban J connectivity index is 2.16. The van der Waals surface area contributed by atoms with Crippen molar-refractivity contribution < 1.29 is 0 Å². The predicted octanol–water partition coefficient (Wildman–Crippen LogP) is 3.16. The number of hydrogen-bond acceptors (Lipinski definition) is 4. The molecular weight excluding hydrogens is 254 g/mol. The van der Waals surface area contributed by atoms with Gasteiger partial charge in [0.1, 0.15) is 0 Å². The molecule has 1 aromatic carbocycles. The second kappa shape index (κ2) is 5.09. The third-order valence-electron chi connectivity index (χ3n) is 3.23. The van der Waals surface area contributed by atoms with E-state index in [4.69, 9.17) is 5.84 Å². The highest BCUT2D eigenvalue weighted by atomic mass is 32.1. The molecule has 3 nitrogen and oxygen atoms in total. The second-order valence-corrected chi connectivity index (χ2v) is 5.62. The quantitative estimate of drug-likeness (QED) is 0.567. The summed E-state index contributed by atoms with van der Waals surface area (Å²) >= 11 is 1.72. The molecule has 0 radical (unpaired) electrons. The van der Waals surface area contributed by atoms with E-state index in [1.54, 1.807) is 11.3 Å². The molecule has 0 aliphatic rings. The van der Waals surface area contributed by atoms with Crippen molar-refractivity contribution >= 4 is 22.1 Å².